The molecule has 2 aromatic rings. The van der Waals surface area contributed by atoms with Crippen LogP contribution in [0.4, 0.5) is 5.69 Å². The number of nitrogens with zero attached hydrogens (tertiary/aromatic N) is 1. The van der Waals surface area contributed by atoms with Crippen LogP contribution in [0.15, 0.2) is 71.8 Å². The van der Waals surface area contributed by atoms with Gasteiger partial charge in [-0.05, 0) is 37.9 Å². The van der Waals surface area contributed by atoms with Crippen LogP contribution in [-0.4, -0.2) is 12.5 Å². The highest BCUT2D eigenvalue weighted by atomic mass is 16.1. The molecule has 2 nitrogen and oxygen atoms in total. The zero-order valence-corrected chi connectivity index (χ0v) is 12.0. The standard InChI is InChI=1S/C19H17NO/c1-4-14(2)12-17-13-16(10-11-18(17)20-3)19(21)15-8-6-5-7-9-15/h4-13H,1,3H2,2H3/b14-12-. The van der Waals surface area contributed by atoms with Gasteiger partial charge in [0.05, 0.1) is 5.69 Å². The van der Waals surface area contributed by atoms with Crippen LogP contribution in [0.25, 0.3) is 6.08 Å². The van der Waals surface area contributed by atoms with Crippen LogP contribution in [0, 0.1) is 0 Å². The van der Waals surface area contributed by atoms with E-state index in [2.05, 4.69) is 18.3 Å². The predicted molar refractivity (Wildman–Crippen MR) is 89.4 cm³/mol. The topological polar surface area (TPSA) is 29.4 Å². The highest BCUT2D eigenvalue weighted by Crippen LogP contribution is 2.24. The van der Waals surface area contributed by atoms with E-state index in [0.29, 0.717) is 11.1 Å². The van der Waals surface area contributed by atoms with Crippen molar-refractivity contribution < 1.29 is 4.79 Å². The van der Waals surface area contributed by atoms with Gasteiger partial charge >= 0.3 is 0 Å². The smallest absolute Gasteiger partial charge is 0.193 e. The van der Waals surface area contributed by atoms with Crippen LogP contribution < -0.4 is 0 Å². The van der Waals surface area contributed by atoms with E-state index in [-0.39, 0.29) is 5.78 Å². The van der Waals surface area contributed by atoms with Crippen molar-refractivity contribution in [3.05, 3.63) is 83.4 Å². The third-order valence-electron chi connectivity index (χ3n) is 3.20. The van der Waals surface area contributed by atoms with E-state index in [1.807, 2.05) is 55.5 Å². The summed E-state index contributed by atoms with van der Waals surface area (Å²) in [5, 5.41) is 0. The molecule has 0 N–H and O–H groups in total. The van der Waals surface area contributed by atoms with Crippen LogP contribution in [0.3, 0.4) is 0 Å². The highest BCUT2D eigenvalue weighted by Gasteiger charge is 2.10. The van der Waals surface area contributed by atoms with Gasteiger partial charge in [0.15, 0.2) is 5.78 Å². The third kappa shape index (κ3) is 3.42. The van der Waals surface area contributed by atoms with Gasteiger partial charge < -0.3 is 0 Å². The molecule has 0 radical (unpaired) electrons. The molecule has 0 unspecified atom stereocenters. The molecule has 0 spiro atoms. The molecule has 104 valence electrons. The van der Waals surface area contributed by atoms with Crippen LogP contribution >= 0.6 is 0 Å². The van der Waals surface area contributed by atoms with Gasteiger partial charge in [0.25, 0.3) is 0 Å². The average Bonchev–Trinajstić information content (AvgIpc) is 2.54. The first-order valence-corrected chi connectivity index (χ1v) is 6.67. The van der Waals surface area contributed by atoms with E-state index in [0.717, 1.165) is 16.8 Å². The number of allylic oxidation sites excluding steroid dienone is 2. The Labute approximate surface area is 125 Å². The molecule has 2 rings (SSSR count). The molecule has 0 saturated carbocycles. The number of rotatable bonds is 5. The molecule has 21 heavy (non-hydrogen) atoms. The van der Waals surface area contributed by atoms with E-state index >= 15 is 0 Å². The van der Waals surface area contributed by atoms with Crippen LogP contribution in [0.1, 0.15) is 28.4 Å². The Hall–Kier alpha value is -2.74. The zero-order chi connectivity index (χ0) is 15.2. The molecule has 0 aliphatic rings. The molecule has 0 fully saturated rings. The summed E-state index contributed by atoms with van der Waals surface area (Å²) in [7, 11) is 0. The molecular weight excluding hydrogens is 258 g/mol. The van der Waals surface area contributed by atoms with E-state index in [9.17, 15) is 4.79 Å². The molecule has 0 heterocycles. The number of carbonyl (C=O) groups is 1. The first-order valence-electron chi connectivity index (χ1n) is 6.67. The van der Waals surface area contributed by atoms with Crippen molar-refractivity contribution in [2.24, 2.45) is 4.99 Å². The summed E-state index contributed by atoms with van der Waals surface area (Å²) in [5.41, 5.74) is 3.93. The Morgan fingerprint density at radius 3 is 2.43 bits per heavy atom. The van der Waals surface area contributed by atoms with Gasteiger partial charge in [0.1, 0.15) is 0 Å². The Morgan fingerprint density at radius 1 is 1.10 bits per heavy atom. The number of carbonyl (C=O) groups excluding carboxylic acids is 1. The number of benzene rings is 2. The lowest BCUT2D eigenvalue weighted by Gasteiger charge is -2.06. The molecule has 2 heteroatoms. The maximum absolute atomic E-state index is 12.5. The molecule has 2 aromatic carbocycles. The number of hydrogen-bond donors (Lipinski definition) is 0. The lowest BCUT2D eigenvalue weighted by molar-refractivity contribution is 0.103. The van der Waals surface area contributed by atoms with Crippen molar-refractivity contribution in [3.63, 3.8) is 0 Å². The summed E-state index contributed by atoms with van der Waals surface area (Å²) in [6.07, 6.45) is 3.71. The van der Waals surface area contributed by atoms with Gasteiger partial charge in [0, 0.05) is 16.7 Å². The van der Waals surface area contributed by atoms with Crippen molar-refractivity contribution in [3.8, 4) is 0 Å². The minimum Gasteiger partial charge on any atom is -0.289 e. The van der Waals surface area contributed by atoms with Crippen molar-refractivity contribution in [1.82, 2.24) is 0 Å². The van der Waals surface area contributed by atoms with Crippen LogP contribution in [-0.2, 0) is 0 Å². The molecule has 0 atom stereocenters. The number of aliphatic imine (C=N–C) groups is 1. The Bertz CT molecular complexity index is 712. The monoisotopic (exact) mass is 275 g/mol. The lowest BCUT2D eigenvalue weighted by atomic mass is 9.99. The molecule has 0 aliphatic carbocycles. The molecule has 0 aromatic heterocycles. The summed E-state index contributed by atoms with van der Waals surface area (Å²) in [4.78, 5) is 16.5. The van der Waals surface area contributed by atoms with Gasteiger partial charge in [-0.2, -0.15) is 0 Å². The maximum Gasteiger partial charge on any atom is 0.193 e. The third-order valence-corrected chi connectivity index (χ3v) is 3.20. The lowest BCUT2D eigenvalue weighted by Crippen LogP contribution is -2.01. The van der Waals surface area contributed by atoms with Gasteiger partial charge in [-0.1, -0.05) is 48.6 Å². The van der Waals surface area contributed by atoms with Crippen molar-refractivity contribution in [2.45, 2.75) is 6.92 Å². The zero-order valence-electron chi connectivity index (χ0n) is 12.0. The Morgan fingerprint density at radius 2 is 1.81 bits per heavy atom. The predicted octanol–water partition coefficient (Wildman–Crippen LogP) is 4.84. The van der Waals surface area contributed by atoms with E-state index < -0.39 is 0 Å². The Balaban J connectivity index is 2.47. The normalized spacial score (nSPS) is 11.0. The average molecular weight is 275 g/mol. The number of hydrogen-bond acceptors (Lipinski definition) is 2. The number of ketones is 1. The van der Waals surface area contributed by atoms with Crippen molar-refractivity contribution in [1.29, 1.82) is 0 Å². The van der Waals surface area contributed by atoms with Gasteiger partial charge in [0.2, 0.25) is 0 Å². The minimum atomic E-state index is -0.00267. The second-order valence-corrected chi connectivity index (χ2v) is 4.72. The summed E-state index contributed by atoms with van der Waals surface area (Å²) >= 11 is 0. The molecule has 0 bridgehead atoms. The second-order valence-electron chi connectivity index (χ2n) is 4.72. The Kier molecular flexibility index (Phi) is 4.62. The highest BCUT2D eigenvalue weighted by molar-refractivity contribution is 6.09. The van der Waals surface area contributed by atoms with E-state index in [1.165, 1.54) is 0 Å². The molecule has 0 amide bonds. The first-order chi connectivity index (χ1) is 10.2. The summed E-state index contributed by atoms with van der Waals surface area (Å²) in [6.45, 7) is 9.25. The minimum absolute atomic E-state index is 0.00267. The summed E-state index contributed by atoms with van der Waals surface area (Å²) in [6, 6.07) is 14.7. The quantitative estimate of drug-likeness (QED) is 0.436. The van der Waals surface area contributed by atoms with Gasteiger partial charge in [-0.3, -0.25) is 9.79 Å². The van der Waals surface area contributed by atoms with Gasteiger partial charge in [-0.25, -0.2) is 0 Å². The van der Waals surface area contributed by atoms with Crippen molar-refractivity contribution in [2.75, 3.05) is 0 Å². The first kappa shape index (κ1) is 14.7. The van der Waals surface area contributed by atoms with Crippen molar-refractivity contribution >= 4 is 24.3 Å². The molecular formula is C19H17NO. The fraction of sp³-hybridized carbons (Fsp3) is 0.0526. The largest absolute Gasteiger partial charge is 0.289 e. The summed E-state index contributed by atoms with van der Waals surface area (Å²) < 4.78 is 0. The van der Waals surface area contributed by atoms with Gasteiger partial charge in [-0.15, -0.1) is 0 Å². The van der Waals surface area contributed by atoms with Crippen LogP contribution in [0.5, 0.6) is 0 Å². The fourth-order valence-electron chi connectivity index (χ4n) is 2.02. The van der Waals surface area contributed by atoms with E-state index in [4.69, 9.17) is 0 Å². The SMILES string of the molecule is C=C/C(C)=C\c1cc(C(=O)c2ccccc2)ccc1N=C. The summed E-state index contributed by atoms with van der Waals surface area (Å²) in [5.74, 6) is -0.00267. The molecule has 0 aliphatic heterocycles. The maximum atomic E-state index is 12.5. The molecule has 0 saturated heterocycles. The fourth-order valence-corrected chi connectivity index (χ4v) is 2.02. The van der Waals surface area contributed by atoms with E-state index in [1.54, 1.807) is 12.1 Å². The van der Waals surface area contributed by atoms with Crippen LogP contribution in [0.2, 0.25) is 0 Å². The second kappa shape index (κ2) is 6.62.